The van der Waals surface area contributed by atoms with Crippen LogP contribution in [0, 0.1) is 0 Å². The molecule has 0 radical (unpaired) electrons. The van der Waals surface area contributed by atoms with E-state index in [1.807, 2.05) is 30.5 Å². The van der Waals surface area contributed by atoms with E-state index in [4.69, 9.17) is 11.6 Å². The SMILES string of the molecule is CSc1ccc(CN(C2CCCCNC2=O)S(=O)(=O)c2ccc(Cl)cc2)cc1. The quantitative estimate of drug-likeness (QED) is 0.694. The Morgan fingerprint density at radius 2 is 1.79 bits per heavy atom. The maximum atomic E-state index is 13.4. The highest BCUT2D eigenvalue weighted by atomic mass is 35.5. The summed E-state index contributed by atoms with van der Waals surface area (Å²) in [6.07, 6.45) is 4.13. The predicted octanol–water partition coefficient (Wildman–Crippen LogP) is 3.92. The first-order chi connectivity index (χ1) is 13.4. The Labute approximate surface area is 175 Å². The lowest BCUT2D eigenvalue weighted by Gasteiger charge is -2.29. The van der Waals surface area contributed by atoms with E-state index in [0.717, 1.165) is 23.3 Å². The van der Waals surface area contributed by atoms with Crippen LogP contribution in [0.25, 0.3) is 0 Å². The van der Waals surface area contributed by atoms with Gasteiger partial charge in [-0.1, -0.05) is 23.7 Å². The van der Waals surface area contributed by atoms with Crippen LogP contribution in [0.2, 0.25) is 5.02 Å². The first kappa shape index (κ1) is 21.2. The zero-order valence-corrected chi connectivity index (χ0v) is 18.0. The van der Waals surface area contributed by atoms with Crippen LogP contribution >= 0.6 is 23.4 Å². The summed E-state index contributed by atoms with van der Waals surface area (Å²) >= 11 is 7.54. The number of carbonyl (C=O) groups is 1. The van der Waals surface area contributed by atoms with Crippen molar-refractivity contribution in [2.45, 2.75) is 41.6 Å². The van der Waals surface area contributed by atoms with Crippen molar-refractivity contribution < 1.29 is 13.2 Å². The molecule has 28 heavy (non-hydrogen) atoms. The molecule has 1 aliphatic rings. The first-order valence-electron chi connectivity index (χ1n) is 9.10. The summed E-state index contributed by atoms with van der Waals surface area (Å²) < 4.78 is 28.2. The fourth-order valence-corrected chi connectivity index (χ4v) is 5.35. The summed E-state index contributed by atoms with van der Waals surface area (Å²) in [5.74, 6) is -0.240. The van der Waals surface area contributed by atoms with Gasteiger partial charge in [-0.15, -0.1) is 11.8 Å². The van der Waals surface area contributed by atoms with E-state index in [2.05, 4.69) is 5.32 Å². The van der Waals surface area contributed by atoms with Crippen molar-refractivity contribution in [1.29, 1.82) is 0 Å². The van der Waals surface area contributed by atoms with Crippen LogP contribution in [-0.4, -0.2) is 37.5 Å². The molecule has 0 bridgehead atoms. The fourth-order valence-electron chi connectivity index (χ4n) is 3.21. The molecular weight excluding hydrogens is 416 g/mol. The molecule has 1 aliphatic heterocycles. The molecule has 0 aromatic heterocycles. The molecule has 0 saturated carbocycles. The molecule has 0 spiro atoms. The number of benzene rings is 2. The number of carbonyl (C=O) groups excluding carboxylic acids is 1. The van der Waals surface area contributed by atoms with Crippen LogP contribution < -0.4 is 5.32 Å². The molecule has 1 unspecified atom stereocenters. The van der Waals surface area contributed by atoms with Crippen molar-refractivity contribution in [2.24, 2.45) is 0 Å². The second kappa shape index (κ2) is 9.31. The highest BCUT2D eigenvalue weighted by Gasteiger charge is 2.36. The van der Waals surface area contributed by atoms with E-state index in [-0.39, 0.29) is 17.3 Å². The number of nitrogens with zero attached hydrogens (tertiary/aromatic N) is 1. The normalized spacial score (nSPS) is 18.0. The minimum absolute atomic E-state index is 0.134. The lowest BCUT2D eigenvalue weighted by molar-refractivity contribution is -0.124. The summed E-state index contributed by atoms with van der Waals surface area (Å²) in [6.45, 7) is 0.713. The van der Waals surface area contributed by atoms with E-state index in [1.54, 1.807) is 23.9 Å². The number of sulfonamides is 1. The van der Waals surface area contributed by atoms with Crippen LogP contribution in [0.4, 0.5) is 0 Å². The Hall–Kier alpha value is -1.54. The average molecular weight is 439 g/mol. The van der Waals surface area contributed by atoms with Gasteiger partial charge in [0.05, 0.1) is 4.90 Å². The molecule has 5 nitrogen and oxygen atoms in total. The highest BCUT2D eigenvalue weighted by molar-refractivity contribution is 7.98. The van der Waals surface area contributed by atoms with Crippen molar-refractivity contribution in [2.75, 3.05) is 12.8 Å². The summed E-state index contributed by atoms with van der Waals surface area (Å²) in [5.41, 5.74) is 0.840. The molecule has 3 rings (SSSR count). The number of thioether (sulfide) groups is 1. The van der Waals surface area contributed by atoms with Gasteiger partial charge in [0.2, 0.25) is 15.9 Å². The van der Waals surface area contributed by atoms with Gasteiger partial charge in [-0.25, -0.2) is 8.42 Å². The maximum absolute atomic E-state index is 13.4. The van der Waals surface area contributed by atoms with E-state index in [0.29, 0.717) is 18.0 Å². The van der Waals surface area contributed by atoms with E-state index < -0.39 is 16.1 Å². The van der Waals surface area contributed by atoms with Crippen molar-refractivity contribution in [3.8, 4) is 0 Å². The van der Waals surface area contributed by atoms with E-state index in [9.17, 15) is 13.2 Å². The Morgan fingerprint density at radius 1 is 1.11 bits per heavy atom. The van der Waals surface area contributed by atoms with Gasteiger partial charge in [0, 0.05) is 23.0 Å². The van der Waals surface area contributed by atoms with Gasteiger partial charge in [0.1, 0.15) is 6.04 Å². The number of nitrogens with one attached hydrogen (secondary N) is 1. The van der Waals surface area contributed by atoms with Gasteiger partial charge in [-0.05, 0) is 67.5 Å². The predicted molar refractivity (Wildman–Crippen MR) is 113 cm³/mol. The summed E-state index contributed by atoms with van der Waals surface area (Å²) in [4.78, 5) is 13.9. The van der Waals surface area contributed by atoms with Crippen LogP contribution in [0.1, 0.15) is 24.8 Å². The third kappa shape index (κ3) is 4.89. The molecule has 1 fully saturated rings. The number of amides is 1. The molecule has 150 valence electrons. The van der Waals surface area contributed by atoms with Crippen molar-refractivity contribution in [3.63, 3.8) is 0 Å². The number of halogens is 1. The Morgan fingerprint density at radius 3 is 2.43 bits per heavy atom. The van der Waals surface area contributed by atoms with Gasteiger partial charge in [-0.3, -0.25) is 4.79 Å². The number of hydrogen-bond donors (Lipinski definition) is 1. The molecule has 1 atom stereocenters. The second-order valence-corrected chi connectivity index (χ2v) is 9.86. The van der Waals surface area contributed by atoms with Gasteiger partial charge < -0.3 is 5.32 Å². The van der Waals surface area contributed by atoms with E-state index >= 15 is 0 Å². The standard InChI is InChI=1S/C20H23ClN2O3S2/c1-27-17-9-5-15(6-10-17)14-23(19-4-2-3-13-22-20(19)24)28(25,26)18-11-7-16(21)8-12-18/h5-12,19H,2-4,13-14H2,1H3,(H,22,24). The maximum Gasteiger partial charge on any atom is 0.244 e. The zero-order chi connectivity index (χ0) is 20.1. The van der Waals surface area contributed by atoms with Crippen molar-refractivity contribution >= 4 is 39.3 Å². The largest absolute Gasteiger partial charge is 0.355 e. The third-order valence-electron chi connectivity index (χ3n) is 4.77. The summed E-state index contributed by atoms with van der Waals surface area (Å²) in [5, 5.41) is 3.31. The number of rotatable bonds is 6. The average Bonchev–Trinajstić information content (AvgIpc) is 2.91. The fraction of sp³-hybridized carbons (Fsp3) is 0.350. The highest BCUT2D eigenvalue weighted by Crippen LogP contribution is 2.26. The Bertz CT molecular complexity index is 915. The van der Waals surface area contributed by atoms with Crippen LogP contribution in [0.3, 0.4) is 0 Å². The molecule has 1 N–H and O–H groups in total. The minimum atomic E-state index is -3.87. The molecule has 1 heterocycles. The van der Waals surface area contributed by atoms with Crippen LogP contribution in [0.5, 0.6) is 0 Å². The first-order valence-corrected chi connectivity index (χ1v) is 12.1. The third-order valence-corrected chi connectivity index (χ3v) is 7.64. The molecule has 2 aromatic rings. The topological polar surface area (TPSA) is 66.5 Å². The van der Waals surface area contributed by atoms with Crippen LogP contribution in [0.15, 0.2) is 58.3 Å². The summed E-state index contributed by atoms with van der Waals surface area (Å²) in [7, 11) is -3.87. The molecule has 8 heteroatoms. The van der Waals surface area contributed by atoms with Gasteiger partial charge in [0.15, 0.2) is 0 Å². The van der Waals surface area contributed by atoms with Gasteiger partial charge >= 0.3 is 0 Å². The van der Waals surface area contributed by atoms with E-state index in [1.165, 1.54) is 16.4 Å². The molecule has 1 saturated heterocycles. The zero-order valence-electron chi connectivity index (χ0n) is 15.6. The second-order valence-electron chi connectivity index (χ2n) is 6.65. The molecule has 1 amide bonds. The summed E-state index contributed by atoms with van der Waals surface area (Å²) in [6, 6.07) is 13.1. The minimum Gasteiger partial charge on any atom is -0.355 e. The number of hydrogen-bond acceptors (Lipinski definition) is 4. The Kier molecular flexibility index (Phi) is 7.04. The smallest absolute Gasteiger partial charge is 0.244 e. The van der Waals surface area contributed by atoms with Crippen LogP contribution in [-0.2, 0) is 21.4 Å². The lowest BCUT2D eigenvalue weighted by Crippen LogP contribution is -2.48. The Balaban J connectivity index is 1.99. The monoisotopic (exact) mass is 438 g/mol. The lowest BCUT2D eigenvalue weighted by atomic mass is 10.1. The van der Waals surface area contributed by atoms with Gasteiger partial charge in [0.25, 0.3) is 0 Å². The molecular formula is C20H23ClN2O3S2. The van der Waals surface area contributed by atoms with Crippen molar-refractivity contribution in [3.05, 3.63) is 59.1 Å². The molecule has 2 aromatic carbocycles. The molecule has 0 aliphatic carbocycles. The van der Waals surface area contributed by atoms with Crippen molar-refractivity contribution in [1.82, 2.24) is 9.62 Å². The van der Waals surface area contributed by atoms with Gasteiger partial charge in [-0.2, -0.15) is 4.31 Å².